The zero-order chi connectivity index (χ0) is 20.2. The van der Waals surface area contributed by atoms with Gasteiger partial charge >= 0.3 is 0 Å². The van der Waals surface area contributed by atoms with E-state index < -0.39 is 0 Å². The highest BCUT2D eigenvalue weighted by molar-refractivity contribution is 7.99. The van der Waals surface area contributed by atoms with Gasteiger partial charge in [0.05, 0.1) is 5.69 Å². The maximum absolute atomic E-state index is 12.8. The van der Waals surface area contributed by atoms with Crippen molar-refractivity contribution >= 4 is 34.8 Å². The van der Waals surface area contributed by atoms with Gasteiger partial charge in [0.15, 0.2) is 5.78 Å². The Morgan fingerprint density at radius 2 is 1.69 bits per heavy atom. The predicted octanol–water partition coefficient (Wildman–Crippen LogP) is 5.25. The molecule has 5 heteroatoms. The Kier molecular flexibility index (Phi) is 5.67. The quantitative estimate of drug-likeness (QED) is 0.592. The van der Waals surface area contributed by atoms with Gasteiger partial charge in [-0.3, -0.25) is 9.59 Å². The van der Waals surface area contributed by atoms with Crippen LogP contribution in [0.25, 0.3) is 0 Å². The van der Waals surface area contributed by atoms with Crippen molar-refractivity contribution in [3.63, 3.8) is 0 Å². The Balaban J connectivity index is 1.53. The van der Waals surface area contributed by atoms with E-state index in [-0.39, 0.29) is 11.7 Å². The lowest BCUT2D eigenvalue weighted by Gasteiger charge is -2.31. The fourth-order valence-corrected chi connectivity index (χ4v) is 4.41. The van der Waals surface area contributed by atoms with Gasteiger partial charge in [-0.05, 0) is 55.0 Å². The molecule has 1 aliphatic heterocycles. The number of carbonyl (C=O) groups excluding carboxylic acids is 2. The van der Waals surface area contributed by atoms with E-state index in [1.54, 1.807) is 24.3 Å². The van der Waals surface area contributed by atoms with Gasteiger partial charge in [0.1, 0.15) is 0 Å². The summed E-state index contributed by atoms with van der Waals surface area (Å²) in [5.41, 5.74) is 4.29. The lowest BCUT2D eigenvalue weighted by Crippen LogP contribution is -2.29. The number of rotatable bonds is 5. The first-order chi connectivity index (χ1) is 14.1. The summed E-state index contributed by atoms with van der Waals surface area (Å²) < 4.78 is 0. The molecular formula is C24H22N2O2S. The minimum absolute atomic E-state index is 0.00794. The van der Waals surface area contributed by atoms with E-state index in [1.807, 2.05) is 36.0 Å². The zero-order valence-electron chi connectivity index (χ0n) is 16.2. The van der Waals surface area contributed by atoms with Crippen LogP contribution in [-0.2, 0) is 6.54 Å². The van der Waals surface area contributed by atoms with Gasteiger partial charge in [0, 0.05) is 40.6 Å². The number of nitrogens with one attached hydrogen (secondary N) is 1. The van der Waals surface area contributed by atoms with E-state index in [0.29, 0.717) is 16.8 Å². The van der Waals surface area contributed by atoms with Gasteiger partial charge < -0.3 is 10.2 Å². The summed E-state index contributed by atoms with van der Waals surface area (Å²) in [6.45, 7) is 3.30. The highest BCUT2D eigenvalue weighted by Crippen LogP contribution is 2.36. The number of hydrogen-bond acceptors (Lipinski definition) is 4. The van der Waals surface area contributed by atoms with Crippen LogP contribution in [0.15, 0.2) is 77.7 Å². The highest BCUT2D eigenvalue weighted by atomic mass is 32.2. The molecule has 0 aromatic heterocycles. The molecule has 0 aliphatic carbocycles. The molecule has 3 aromatic carbocycles. The molecule has 0 spiro atoms. The zero-order valence-corrected chi connectivity index (χ0v) is 17.0. The Hall–Kier alpha value is -3.05. The van der Waals surface area contributed by atoms with E-state index >= 15 is 0 Å². The van der Waals surface area contributed by atoms with Gasteiger partial charge in [-0.2, -0.15) is 0 Å². The van der Waals surface area contributed by atoms with E-state index in [0.717, 1.165) is 24.5 Å². The molecule has 0 atom stereocenters. The molecule has 4 rings (SSSR count). The molecule has 3 aromatic rings. The van der Waals surface area contributed by atoms with Crippen LogP contribution in [0, 0.1) is 0 Å². The van der Waals surface area contributed by atoms with Crippen molar-refractivity contribution in [2.45, 2.75) is 18.4 Å². The largest absolute Gasteiger partial charge is 0.365 e. The smallest absolute Gasteiger partial charge is 0.255 e. The summed E-state index contributed by atoms with van der Waals surface area (Å²) in [6.07, 6.45) is 0. The summed E-state index contributed by atoms with van der Waals surface area (Å²) in [5.74, 6) is 0.889. The van der Waals surface area contributed by atoms with E-state index in [9.17, 15) is 9.59 Å². The highest BCUT2D eigenvalue weighted by Gasteiger charge is 2.19. The summed E-state index contributed by atoms with van der Waals surface area (Å²) in [4.78, 5) is 27.7. The third kappa shape index (κ3) is 4.51. The average Bonchev–Trinajstić information content (AvgIpc) is 2.75. The van der Waals surface area contributed by atoms with Gasteiger partial charge in [-0.15, -0.1) is 11.8 Å². The standard InChI is InChI=1S/C24H22N2O2S/c1-17(27)19-7-10-21(11-8-19)25-24(28)20-9-12-23-22(15-20)26(13-14-29-23)16-18-5-3-2-4-6-18/h2-12,15H,13-14,16H2,1H3,(H,25,28). The van der Waals surface area contributed by atoms with Crippen molar-refractivity contribution in [2.24, 2.45) is 0 Å². The van der Waals surface area contributed by atoms with Crippen LogP contribution in [-0.4, -0.2) is 24.0 Å². The van der Waals surface area contributed by atoms with Crippen LogP contribution in [0.1, 0.15) is 33.2 Å². The van der Waals surface area contributed by atoms with Crippen molar-refractivity contribution in [3.05, 3.63) is 89.5 Å². The number of benzene rings is 3. The third-order valence-electron chi connectivity index (χ3n) is 4.95. The lowest BCUT2D eigenvalue weighted by molar-refractivity contribution is 0.101. The van der Waals surface area contributed by atoms with Crippen LogP contribution in [0.5, 0.6) is 0 Å². The number of carbonyl (C=O) groups is 2. The predicted molar refractivity (Wildman–Crippen MR) is 119 cm³/mol. The maximum Gasteiger partial charge on any atom is 0.255 e. The molecule has 0 radical (unpaired) electrons. The Bertz CT molecular complexity index is 1030. The van der Waals surface area contributed by atoms with Crippen LogP contribution in [0.2, 0.25) is 0 Å². The van der Waals surface area contributed by atoms with Gasteiger partial charge in [0.25, 0.3) is 5.91 Å². The normalized spacial score (nSPS) is 12.9. The second-order valence-electron chi connectivity index (χ2n) is 7.03. The molecule has 1 aliphatic rings. The van der Waals surface area contributed by atoms with Crippen molar-refractivity contribution < 1.29 is 9.59 Å². The molecule has 0 unspecified atom stereocenters. The molecule has 0 saturated carbocycles. The number of amides is 1. The molecule has 0 fully saturated rings. The molecule has 0 saturated heterocycles. The fraction of sp³-hybridized carbons (Fsp3) is 0.167. The van der Waals surface area contributed by atoms with Crippen LogP contribution in [0.4, 0.5) is 11.4 Å². The number of ketones is 1. The first kappa shape index (κ1) is 19.3. The number of nitrogens with zero attached hydrogens (tertiary/aromatic N) is 1. The Morgan fingerprint density at radius 1 is 0.966 bits per heavy atom. The Morgan fingerprint density at radius 3 is 2.41 bits per heavy atom. The number of thioether (sulfide) groups is 1. The van der Waals surface area contributed by atoms with Crippen molar-refractivity contribution in [1.82, 2.24) is 0 Å². The molecule has 1 heterocycles. The van der Waals surface area contributed by atoms with Gasteiger partial charge in [-0.25, -0.2) is 0 Å². The van der Waals surface area contributed by atoms with Gasteiger partial charge in [0.2, 0.25) is 0 Å². The SMILES string of the molecule is CC(=O)c1ccc(NC(=O)c2ccc3c(c2)N(Cc2ccccc2)CCS3)cc1. The van der Waals surface area contributed by atoms with Crippen molar-refractivity contribution in [2.75, 3.05) is 22.5 Å². The molecule has 4 nitrogen and oxygen atoms in total. The molecular weight excluding hydrogens is 380 g/mol. The first-order valence-electron chi connectivity index (χ1n) is 9.58. The topological polar surface area (TPSA) is 49.4 Å². The summed E-state index contributed by atoms with van der Waals surface area (Å²) >= 11 is 1.83. The number of anilines is 2. The summed E-state index contributed by atoms with van der Waals surface area (Å²) in [7, 11) is 0. The first-order valence-corrected chi connectivity index (χ1v) is 10.6. The summed E-state index contributed by atoms with van der Waals surface area (Å²) in [6, 6.07) is 23.2. The minimum Gasteiger partial charge on any atom is -0.365 e. The average molecular weight is 403 g/mol. The number of Topliss-reactive ketones (excluding diaryl/α,β-unsaturated/α-hetero) is 1. The van der Waals surface area contributed by atoms with E-state index in [1.165, 1.54) is 17.4 Å². The molecule has 29 heavy (non-hydrogen) atoms. The molecule has 1 amide bonds. The number of hydrogen-bond donors (Lipinski definition) is 1. The maximum atomic E-state index is 12.8. The molecule has 146 valence electrons. The van der Waals surface area contributed by atoms with Crippen LogP contribution in [0.3, 0.4) is 0 Å². The van der Waals surface area contributed by atoms with Crippen molar-refractivity contribution in [3.8, 4) is 0 Å². The molecule has 0 bridgehead atoms. The lowest BCUT2D eigenvalue weighted by atomic mass is 10.1. The second kappa shape index (κ2) is 8.53. The van der Waals surface area contributed by atoms with Crippen molar-refractivity contribution in [1.29, 1.82) is 0 Å². The minimum atomic E-state index is -0.154. The van der Waals surface area contributed by atoms with Crippen LogP contribution >= 0.6 is 11.8 Å². The van der Waals surface area contributed by atoms with E-state index in [4.69, 9.17) is 0 Å². The Labute approximate surface area is 174 Å². The second-order valence-corrected chi connectivity index (χ2v) is 8.16. The number of fused-ring (bicyclic) bond motifs is 1. The fourth-order valence-electron chi connectivity index (χ4n) is 3.37. The monoisotopic (exact) mass is 402 g/mol. The van der Waals surface area contributed by atoms with Gasteiger partial charge in [-0.1, -0.05) is 30.3 Å². The van der Waals surface area contributed by atoms with E-state index in [2.05, 4.69) is 34.5 Å². The van der Waals surface area contributed by atoms with Crippen LogP contribution < -0.4 is 10.2 Å². The third-order valence-corrected chi connectivity index (χ3v) is 5.99. The molecule has 1 N–H and O–H groups in total. The summed E-state index contributed by atoms with van der Waals surface area (Å²) in [5, 5.41) is 2.92.